The molecule has 160 valence electrons. The van der Waals surface area contributed by atoms with Crippen molar-refractivity contribution in [2.75, 3.05) is 0 Å². The fourth-order valence-corrected chi connectivity index (χ4v) is 3.23. The lowest BCUT2D eigenvalue weighted by Crippen LogP contribution is -2.02. The van der Waals surface area contributed by atoms with E-state index < -0.39 is 0 Å². The molecule has 29 heavy (non-hydrogen) atoms. The van der Waals surface area contributed by atoms with Gasteiger partial charge in [-0.15, -0.1) is 0 Å². The Morgan fingerprint density at radius 3 is 2.21 bits per heavy atom. The van der Waals surface area contributed by atoms with Crippen LogP contribution in [-0.2, 0) is 6.42 Å². The molecule has 0 radical (unpaired) electrons. The SMILES string of the molecule is C.CC.CCC(C)n1cnc2cc(CCC(C)c3cnc(C(C)C)nc3)ccc21. The number of rotatable bonds is 7. The molecular weight excluding hydrogens is 356 g/mol. The minimum Gasteiger partial charge on any atom is -0.328 e. The van der Waals surface area contributed by atoms with Crippen LogP contribution in [-0.4, -0.2) is 19.5 Å². The summed E-state index contributed by atoms with van der Waals surface area (Å²) in [6.07, 6.45) is 9.19. The summed E-state index contributed by atoms with van der Waals surface area (Å²) in [7, 11) is 0. The number of imidazole rings is 1. The van der Waals surface area contributed by atoms with Crippen LogP contribution >= 0.6 is 0 Å². The van der Waals surface area contributed by atoms with Crippen LogP contribution in [0.2, 0.25) is 0 Å². The number of hydrogen-bond donors (Lipinski definition) is 0. The van der Waals surface area contributed by atoms with E-state index in [1.807, 2.05) is 32.6 Å². The summed E-state index contributed by atoms with van der Waals surface area (Å²) in [6, 6.07) is 7.18. The summed E-state index contributed by atoms with van der Waals surface area (Å²) in [5.74, 6) is 1.74. The third kappa shape index (κ3) is 6.12. The molecule has 2 unspecified atom stereocenters. The molecule has 0 saturated carbocycles. The lowest BCUT2D eigenvalue weighted by Gasteiger charge is -2.13. The monoisotopic (exact) mass is 396 g/mol. The van der Waals surface area contributed by atoms with Gasteiger partial charge in [0, 0.05) is 24.4 Å². The molecule has 0 saturated heterocycles. The second kappa shape index (κ2) is 11.7. The third-order valence-electron chi connectivity index (χ3n) is 5.35. The Hall–Kier alpha value is -2.23. The van der Waals surface area contributed by atoms with E-state index in [9.17, 15) is 0 Å². The summed E-state index contributed by atoms with van der Waals surface area (Å²) in [6.45, 7) is 14.9. The van der Waals surface area contributed by atoms with Crippen molar-refractivity contribution in [1.29, 1.82) is 0 Å². The quantitative estimate of drug-likeness (QED) is 0.420. The third-order valence-corrected chi connectivity index (χ3v) is 5.35. The fourth-order valence-electron chi connectivity index (χ4n) is 3.23. The molecule has 0 spiro atoms. The number of hydrogen-bond acceptors (Lipinski definition) is 3. The highest BCUT2D eigenvalue weighted by Crippen LogP contribution is 2.24. The highest BCUT2D eigenvalue weighted by atomic mass is 15.1. The maximum absolute atomic E-state index is 4.60. The van der Waals surface area contributed by atoms with Gasteiger partial charge in [-0.2, -0.15) is 0 Å². The van der Waals surface area contributed by atoms with Crippen molar-refractivity contribution in [3.63, 3.8) is 0 Å². The van der Waals surface area contributed by atoms with Crippen molar-refractivity contribution in [1.82, 2.24) is 19.5 Å². The number of benzene rings is 1. The normalized spacial score (nSPS) is 12.8. The van der Waals surface area contributed by atoms with Gasteiger partial charge in [-0.3, -0.25) is 0 Å². The number of aromatic nitrogens is 4. The predicted octanol–water partition coefficient (Wildman–Crippen LogP) is 7.32. The molecule has 0 aliphatic rings. The molecule has 2 aromatic heterocycles. The van der Waals surface area contributed by atoms with E-state index in [2.05, 4.69) is 72.3 Å². The molecule has 0 bridgehead atoms. The first-order chi connectivity index (χ1) is 13.5. The molecule has 3 aromatic rings. The van der Waals surface area contributed by atoms with E-state index >= 15 is 0 Å². The first kappa shape index (κ1) is 24.8. The Morgan fingerprint density at radius 1 is 0.966 bits per heavy atom. The number of aryl methyl sites for hydroxylation is 1. The molecule has 0 fully saturated rings. The second-order valence-corrected chi connectivity index (χ2v) is 7.70. The van der Waals surface area contributed by atoms with Crippen LogP contribution in [0.5, 0.6) is 0 Å². The summed E-state index contributed by atoms with van der Waals surface area (Å²) in [5.41, 5.74) is 4.89. The largest absolute Gasteiger partial charge is 0.328 e. The lowest BCUT2D eigenvalue weighted by molar-refractivity contribution is 0.544. The second-order valence-electron chi connectivity index (χ2n) is 7.70. The standard InChI is InChI=1S/C22H30N4.C2H6.CH4/c1-6-17(5)26-14-25-20-11-18(9-10-21(20)26)8-7-16(4)19-12-23-22(15(2)3)24-13-19;1-2;/h9-17H,6-8H2,1-5H3;1-2H3;1H4. The van der Waals surface area contributed by atoms with Crippen LogP contribution in [0.15, 0.2) is 36.9 Å². The van der Waals surface area contributed by atoms with Crippen LogP contribution in [0.1, 0.15) is 104 Å². The van der Waals surface area contributed by atoms with Gasteiger partial charge < -0.3 is 4.57 Å². The van der Waals surface area contributed by atoms with Crippen molar-refractivity contribution in [2.24, 2.45) is 0 Å². The van der Waals surface area contributed by atoms with Gasteiger partial charge in [0.15, 0.2) is 0 Å². The minimum atomic E-state index is 0. The van der Waals surface area contributed by atoms with Crippen LogP contribution in [0.4, 0.5) is 0 Å². The number of nitrogens with zero attached hydrogens (tertiary/aromatic N) is 4. The van der Waals surface area contributed by atoms with Gasteiger partial charge in [-0.1, -0.05) is 55.0 Å². The van der Waals surface area contributed by atoms with Gasteiger partial charge in [-0.25, -0.2) is 15.0 Å². The van der Waals surface area contributed by atoms with Gasteiger partial charge in [0.25, 0.3) is 0 Å². The minimum absolute atomic E-state index is 0. The van der Waals surface area contributed by atoms with E-state index in [-0.39, 0.29) is 7.43 Å². The smallest absolute Gasteiger partial charge is 0.130 e. The van der Waals surface area contributed by atoms with Crippen LogP contribution in [0.3, 0.4) is 0 Å². The summed E-state index contributed by atoms with van der Waals surface area (Å²) < 4.78 is 2.27. The maximum atomic E-state index is 4.60. The zero-order valence-corrected chi connectivity index (χ0v) is 18.6. The zero-order valence-electron chi connectivity index (χ0n) is 18.6. The van der Waals surface area contributed by atoms with Gasteiger partial charge in [-0.05, 0) is 55.4 Å². The Morgan fingerprint density at radius 2 is 1.62 bits per heavy atom. The summed E-state index contributed by atoms with van der Waals surface area (Å²) >= 11 is 0. The molecule has 4 nitrogen and oxygen atoms in total. The molecule has 1 aromatic carbocycles. The molecule has 3 rings (SSSR count). The van der Waals surface area contributed by atoms with Crippen molar-refractivity contribution in [3.05, 3.63) is 53.9 Å². The Kier molecular flexibility index (Phi) is 10.0. The van der Waals surface area contributed by atoms with E-state index in [1.54, 1.807) is 0 Å². The zero-order chi connectivity index (χ0) is 20.7. The molecule has 4 heteroatoms. The lowest BCUT2D eigenvalue weighted by atomic mass is 9.96. The van der Waals surface area contributed by atoms with Crippen molar-refractivity contribution in [2.45, 2.75) is 93.0 Å². The number of fused-ring (bicyclic) bond motifs is 1. The van der Waals surface area contributed by atoms with Crippen LogP contribution < -0.4 is 0 Å². The van der Waals surface area contributed by atoms with E-state index in [4.69, 9.17) is 0 Å². The molecule has 0 aliphatic heterocycles. The van der Waals surface area contributed by atoms with E-state index in [1.165, 1.54) is 16.6 Å². The van der Waals surface area contributed by atoms with Gasteiger partial charge in [0.05, 0.1) is 17.4 Å². The van der Waals surface area contributed by atoms with Crippen molar-refractivity contribution >= 4 is 11.0 Å². The van der Waals surface area contributed by atoms with Gasteiger partial charge >= 0.3 is 0 Å². The fraction of sp³-hybridized carbons (Fsp3) is 0.560. The molecule has 2 heterocycles. The van der Waals surface area contributed by atoms with Crippen molar-refractivity contribution in [3.8, 4) is 0 Å². The van der Waals surface area contributed by atoms with Crippen LogP contribution in [0.25, 0.3) is 11.0 Å². The van der Waals surface area contributed by atoms with E-state index in [0.717, 1.165) is 30.6 Å². The molecule has 2 atom stereocenters. The summed E-state index contributed by atoms with van der Waals surface area (Å²) in [4.78, 5) is 13.6. The van der Waals surface area contributed by atoms with Gasteiger partial charge in [0.2, 0.25) is 0 Å². The first-order valence-corrected chi connectivity index (χ1v) is 10.8. The summed E-state index contributed by atoms with van der Waals surface area (Å²) in [5, 5.41) is 0. The first-order valence-electron chi connectivity index (χ1n) is 10.8. The van der Waals surface area contributed by atoms with Gasteiger partial charge in [0.1, 0.15) is 5.82 Å². The predicted molar refractivity (Wildman–Crippen MR) is 126 cm³/mol. The molecular formula is C25H40N4. The molecule has 0 N–H and O–H groups in total. The molecule has 0 amide bonds. The van der Waals surface area contributed by atoms with Crippen LogP contribution in [0, 0.1) is 0 Å². The topological polar surface area (TPSA) is 43.6 Å². The Balaban J connectivity index is 0.00000136. The maximum Gasteiger partial charge on any atom is 0.130 e. The Bertz CT molecular complexity index is 849. The average molecular weight is 397 g/mol. The van der Waals surface area contributed by atoms with E-state index in [0.29, 0.717) is 17.9 Å². The highest BCUT2D eigenvalue weighted by Gasteiger charge is 2.11. The van der Waals surface area contributed by atoms with Crippen molar-refractivity contribution < 1.29 is 0 Å². The Labute approximate surface area is 177 Å². The highest BCUT2D eigenvalue weighted by molar-refractivity contribution is 5.76. The average Bonchev–Trinajstić information content (AvgIpc) is 3.16. The molecule has 0 aliphatic carbocycles.